The van der Waals surface area contributed by atoms with Crippen LogP contribution in [0.5, 0.6) is 0 Å². The third kappa shape index (κ3) is 12.1. The molecule has 0 bridgehead atoms. The molecule has 0 N–H and O–H groups in total. The first-order valence-corrected chi connectivity index (χ1v) is 41.2. The maximum absolute atomic E-state index is 6.99. The molecule has 2 aliphatic carbocycles. The maximum Gasteiger partial charge on any atom is 0.137 e. The van der Waals surface area contributed by atoms with Gasteiger partial charge >= 0.3 is 0 Å². The van der Waals surface area contributed by atoms with Crippen LogP contribution >= 0.6 is 0 Å². The second kappa shape index (κ2) is 29.9. The third-order valence-electron chi connectivity index (χ3n) is 24.7. The van der Waals surface area contributed by atoms with Crippen LogP contribution in [0.2, 0.25) is 0 Å². The van der Waals surface area contributed by atoms with Gasteiger partial charge < -0.3 is 18.6 Å². The van der Waals surface area contributed by atoms with Gasteiger partial charge in [-0.15, -0.1) is 0 Å². The monoisotopic (exact) mass is 1530 g/mol. The Labute approximate surface area is 698 Å². The van der Waals surface area contributed by atoms with Crippen LogP contribution in [0.4, 0.5) is 34.1 Å². The van der Waals surface area contributed by atoms with Crippen LogP contribution < -0.4 is 9.80 Å². The molecule has 2 aromatic heterocycles. The minimum Gasteiger partial charge on any atom is -0.456 e. The van der Waals surface area contributed by atoms with E-state index in [1.807, 2.05) is 0 Å². The van der Waals surface area contributed by atoms with E-state index in [4.69, 9.17) is 8.83 Å². The molecular weight excluding hydrogens is 1450 g/mol. The maximum atomic E-state index is 6.99. The summed E-state index contributed by atoms with van der Waals surface area (Å²) in [4.78, 5) is 4.64. The molecule has 21 aromatic rings. The number of hydrogen-bond acceptors (Lipinski definition) is 4. The van der Waals surface area contributed by atoms with E-state index in [2.05, 4.69) is 483 Å². The fourth-order valence-electron chi connectivity index (χ4n) is 19.3. The number of benzene rings is 19. The zero-order valence-corrected chi connectivity index (χ0v) is 65.7. The summed E-state index contributed by atoms with van der Waals surface area (Å²) in [7, 11) is 0. The molecule has 0 amide bonds. The molecule has 2 heterocycles. The summed E-state index contributed by atoms with van der Waals surface area (Å²) in [6.07, 6.45) is 0. The fraction of sp³-hybridized carbons (Fsp3) is 0.0172. The SMILES string of the molecule is c1ccc(-c2cccc(-c3cccc(N(c4ccccc4)c4ccc5c(c4)oc4cc(C6(c7cccc(-c8ccccc8)c7)c7ccccc7-c7ccccc76)ccc45)c3)c2)cc1.c1ccc(-c2cccc(-c3cccc(N(c4ccccc4)c4ccc5c(c4)oc4cc(C6(c7ccccc7)c7ccccc7-c7ccccc76)ccc45)c3)c2)cc1. The summed E-state index contributed by atoms with van der Waals surface area (Å²) in [5, 5.41) is 4.39. The van der Waals surface area contributed by atoms with Gasteiger partial charge in [0.25, 0.3) is 0 Å². The Balaban J connectivity index is 0.000000145. The van der Waals surface area contributed by atoms with Gasteiger partial charge in [0.05, 0.1) is 10.8 Å². The van der Waals surface area contributed by atoms with Crippen LogP contribution in [0, 0.1) is 0 Å². The second-order valence-electron chi connectivity index (χ2n) is 31.3. The van der Waals surface area contributed by atoms with Gasteiger partial charge in [-0.2, -0.15) is 0 Å². The summed E-state index contributed by atoms with van der Waals surface area (Å²) >= 11 is 0. The smallest absolute Gasteiger partial charge is 0.137 e. The number of furan rings is 2. The second-order valence-corrected chi connectivity index (χ2v) is 31.3. The van der Waals surface area contributed by atoms with E-state index in [0.717, 1.165) is 89.1 Å². The van der Waals surface area contributed by atoms with Crippen molar-refractivity contribution in [1.82, 2.24) is 0 Å². The number of rotatable bonds is 15. The lowest BCUT2D eigenvalue weighted by Crippen LogP contribution is -2.28. The predicted octanol–water partition coefficient (Wildman–Crippen LogP) is 31.2. The van der Waals surface area contributed by atoms with E-state index < -0.39 is 10.8 Å². The Morgan fingerprint density at radius 3 is 0.775 bits per heavy atom. The summed E-state index contributed by atoms with van der Waals surface area (Å²) in [6.45, 7) is 0. The van der Waals surface area contributed by atoms with E-state index in [-0.39, 0.29) is 0 Å². The van der Waals surface area contributed by atoms with E-state index in [1.165, 1.54) is 111 Å². The topological polar surface area (TPSA) is 32.8 Å². The van der Waals surface area contributed by atoms with Crippen LogP contribution in [0.25, 0.3) is 122 Å². The highest BCUT2D eigenvalue weighted by Crippen LogP contribution is 2.59. The van der Waals surface area contributed by atoms with Crippen molar-refractivity contribution < 1.29 is 8.83 Å². The minimum atomic E-state index is -0.563. The van der Waals surface area contributed by atoms with Gasteiger partial charge in [0.15, 0.2) is 0 Å². The van der Waals surface area contributed by atoms with Crippen molar-refractivity contribution in [3.63, 3.8) is 0 Å². The number of fused-ring (bicyclic) bond motifs is 12. The summed E-state index contributed by atoms with van der Waals surface area (Å²) < 4.78 is 13.9. The molecule has 4 nitrogen and oxygen atoms in total. The Morgan fingerprint density at radius 2 is 0.392 bits per heavy atom. The van der Waals surface area contributed by atoms with Crippen molar-refractivity contribution in [3.8, 4) is 77.9 Å². The molecule has 19 aromatic carbocycles. The largest absolute Gasteiger partial charge is 0.456 e. The molecule has 564 valence electrons. The highest BCUT2D eigenvalue weighted by atomic mass is 16.3. The normalized spacial score (nSPS) is 12.6. The molecule has 4 heteroatoms. The van der Waals surface area contributed by atoms with E-state index in [1.54, 1.807) is 0 Å². The molecule has 0 saturated heterocycles. The Kier molecular flexibility index (Phi) is 17.7. The van der Waals surface area contributed by atoms with Gasteiger partial charge in [0, 0.05) is 67.8 Å². The molecule has 0 unspecified atom stereocenters. The Morgan fingerprint density at radius 1 is 0.150 bits per heavy atom. The first-order chi connectivity index (χ1) is 59.5. The number of hydrogen-bond donors (Lipinski definition) is 0. The van der Waals surface area contributed by atoms with Crippen LogP contribution in [0.15, 0.2) is 482 Å². The molecular formula is C116H78N2O2. The Bertz CT molecular complexity index is 7330. The van der Waals surface area contributed by atoms with Crippen LogP contribution in [0.1, 0.15) is 44.5 Å². The van der Waals surface area contributed by atoms with Crippen molar-refractivity contribution in [1.29, 1.82) is 0 Å². The average Bonchev–Trinajstić information content (AvgIpc) is 1.54. The molecule has 120 heavy (non-hydrogen) atoms. The van der Waals surface area contributed by atoms with Gasteiger partial charge in [-0.3, -0.25) is 0 Å². The van der Waals surface area contributed by atoms with Crippen molar-refractivity contribution in [2.24, 2.45) is 0 Å². The van der Waals surface area contributed by atoms with Crippen LogP contribution in [0.3, 0.4) is 0 Å². The molecule has 0 aliphatic heterocycles. The summed E-state index contributed by atoms with van der Waals surface area (Å²) in [6, 6.07) is 171. The Hall–Kier alpha value is -15.6. The van der Waals surface area contributed by atoms with Crippen molar-refractivity contribution in [2.75, 3.05) is 9.80 Å². The highest BCUT2D eigenvalue weighted by Gasteiger charge is 2.48. The molecule has 2 aliphatic rings. The van der Waals surface area contributed by atoms with Crippen LogP contribution in [-0.2, 0) is 10.8 Å². The summed E-state index contributed by atoms with van der Waals surface area (Å²) in [5.74, 6) is 0. The zero-order chi connectivity index (χ0) is 79.5. The lowest BCUT2D eigenvalue weighted by molar-refractivity contribution is 0.665. The van der Waals surface area contributed by atoms with Gasteiger partial charge in [-0.05, 0) is 226 Å². The molecule has 0 radical (unpaired) electrons. The van der Waals surface area contributed by atoms with Crippen LogP contribution in [-0.4, -0.2) is 0 Å². The lowest BCUT2D eigenvalue weighted by atomic mass is 9.67. The molecule has 0 saturated carbocycles. The lowest BCUT2D eigenvalue weighted by Gasteiger charge is -2.34. The first-order valence-electron chi connectivity index (χ1n) is 41.2. The fourth-order valence-corrected chi connectivity index (χ4v) is 19.3. The van der Waals surface area contributed by atoms with Gasteiger partial charge in [0.1, 0.15) is 22.3 Å². The van der Waals surface area contributed by atoms with E-state index >= 15 is 0 Å². The van der Waals surface area contributed by atoms with Gasteiger partial charge in [-0.25, -0.2) is 0 Å². The predicted molar refractivity (Wildman–Crippen MR) is 499 cm³/mol. The summed E-state index contributed by atoms with van der Waals surface area (Å²) in [5.41, 5.74) is 35.7. The first kappa shape index (κ1) is 71.0. The van der Waals surface area contributed by atoms with Crippen molar-refractivity contribution in [2.45, 2.75) is 10.8 Å². The quantitative estimate of drug-likeness (QED) is 0.102. The van der Waals surface area contributed by atoms with Gasteiger partial charge in [-0.1, -0.05) is 358 Å². The van der Waals surface area contributed by atoms with E-state index in [0.29, 0.717) is 0 Å². The van der Waals surface area contributed by atoms with Crippen molar-refractivity contribution >= 4 is 78.0 Å². The molecule has 0 spiro atoms. The number of anilines is 6. The van der Waals surface area contributed by atoms with Crippen molar-refractivity contribution in [3.05, 3.63) is 518 Å². The molecule has 23 rings (SSSR count). The minimum absolute atomic E-state index is 0.484. The molecule has 0 atom stereocenters. The van der Waals surface area contributed by atoms with E-state index in [9.17, 15) is 0 Å². The average molecular weight is 1530 g/mol. The zero-order valence-electron chi connectivity index (χ0n) is 65.7. The molecule has 0 fully saturated rings. The number of nitrogens with zero attached hydrogens (tertiary/aromatic N) is 2. The third-order valence-corrected chi connectivity index (χ3v) is 24.7. The number of para-hydroxylation sites is 2. The van der Waals surface area contributed by atoms with Gasteiger partial charge in [0.2, 0.25) is 0 Å². The standard InChI is InChI=1S/C61H41NO.C55H37NO/c1-4-17-42(18-5-1)44-21-14-22-45(37-44)47-24-16-28-51(39-47)62(50-26-8-3-9-27-50)52-34-36-56-55-35-33-49(40-59(55)63-60(56)41-52)61(48-25-15-23-46(38-48)43-19-6-2-7-20-43)57-31-12-10-29-53(57)54-30-11-13-32-58(54)61;1-4-16-38(17-5-1)39-18-14-19-40(34-39)41-20-15-25-45(35-41)56(44-23-8-3-9-24-44)46-31-33-50-49-32-30-43(36-53(49)57-54(50)37-46)55(42-21-6-2-7-22-42)51-28-12-10-26-47(51)48-27-11-13-29-52(48)55/h1-41H;1-37H. The highest BCUT2D eigenvalue weighted by molar-refractivity contribution is 6.08.